The molecule has 4 aromatic heterocycles. The molecule has 1 unspecified atom stereocenters. The minimum Gasteiger partial charge on any atom is -0.507 e. The Balaban J connectivity index is 0.861. The van der Waals surface area contributed by atoms with Crippen LogP contribution >= 0.6 is 11.3 Å². The van der Waals surface area contributed by atoms with Crippen molar-refractivity contribution in [3.8, 4) is 33.3 Å². The van der Waals surface area contributed by atoms with Gasteiger partial charge in [-0.3, -0.25) is 19.1 Å². The van der Waals surface area contributed by atoms with E-state index in [0.717, 1.165) is 26.3 Å². The lowest BCUT2D eigenvalue weighted by Gasteiger charge is -2.39. The van der Waals surface area contributed by atoms with Gasteiger partial charge < -0.3 is 29.7 Å². The fourth-order valence-corrected chi connectivity index (χ4v) is 9.02. The molecule has 2 fully saturated rings. The maximum atomic E-state index is 14.5. The van der Waals surface area contributed by atoms with Gasteiger partial charge in [0.2, 0.25) is 11.8 Å². The predicted octanol–water partition coefficient (Wildman–Crippen LogP) is 6.68. The molecule has 2 aliphatic heterocycles. The van der Waals surface area contributed by atoms with E-state index in [1.165, 1.54) is 17.0 Å². The Morgan fingerprint density at radius 3 is 2.50 bits per heavy atom. The van der Waals surface area contributed by atoms with Gasteiger partial charge in [-0.05, 0) is 60.3 Å². The fourth-order valence-electron chi connectivity index (χ4n) is 8.21. The Bertz CT molecular complexity index is 2480. The zero-order valence-corrected chi connectivity index (χ0v) is 34.4. The zero-order chi connectivity index (χ0) is 42.2. The van der Waals surface area contributed by atoms with E-state index in [9.17, 15) is 28.6 Å². The van der Waals surface area contributed by atoms with Gasteiger partial charge in [-0.15, -0.1) is 21.5 Å². The van der Waals surface area contributed by atoms with E-state index >= 15 is 0 Å². The number of phenolic OH excluding ortho intramolecular Hbond substituents is 1. The van der Waals surface area contributed by atoms with Crippen LogP contribution in [0.4, 0.5) is 8.78 Å². The summed E-state index contributed by atoms with van der Waals surface area (Å²) in [6, 6.07) is 18.0. The van der Waals surface area contributed by atoms with E-state index in [4.69, 9.17) is 9.26 Å². The highest BCUT2D eigenvalue weighted by atomic mass is 32.1. The maximum absolute atomic E-state index is 14.5. The number of fused-ring (bicyclic) bond motifs is 1. The molecule has 2 amide bonds. The topological polar surface area (TPSA) is 172 Å². The van der Waals surface area contributed by atoms with Gasteiger partial charge in [0.1, 0.15) is 29.8 Å². The number of alkyl halides is 2. The summed E-state index contributed by atoms with van der Waals surface area (Å²) in [5.41, 5.74) is 6.48. The molecule has 8 rings (SSSR count). The summed E-state index contributed by atoms with van der Waals surface area (Å²) in [4.78, 5) is 36.7. The first-order valence-electron chi connectivity index (χ1n) is 19.9. The summed E-state index contributed by atoms with van der Waals surface area (Å²) in [5, 5.41) is 36.4. The van der Waals surface area contributed by atoms with Crippen LogP contribution in [0.15, 0.2) is 76.8 Å². The Labute approximate surface area is 348 Å². The van der Waals surface area contributed by atoms with Crippen molar-refractivity contribution in [2.24, 2.45) is 5.92 Å². The van der Waals surface area contributed by atoms with Crippen molar-refractivity contribution >= 4 is 34.2 Å². The first-order valence-corrected chi connectivity index (χ1v) is 20.8. The van der Waals surface area contributed by atoms with Gasteiger partial charge in [0.25, 0.3) is 5.88 Å². The highest BCUT2D eigenvalue weighted by Gasteiger charge is 2.43. The number of carbonyl (C=O) groups excluding carboxylic acids is 2. The summed E-state index contributed by atoms with van der Waals surface area (Å²) in [7, 11) is 0. The number of β-amino-alcohol motifs (C(OH)–C–C–N with tert-alkyl or cyclic N) is 1. The number of carbonyl (C=O) groups is 2. The van der Waals surface area contributed by atoms with Crippen molar-refractivity contribution in [2.45, 2.75) is 70.7 Å². The van der Waals surface area contributed by atoms with Gasteiger partial charge in [-0.2, -0.15) is 8.78 Å². The molecular weight excluding hydrogens is 795 g/mol. The van der Waals surface area contributed by atoms with Crippen LogP contribution in [0.2, 0.25) is 0 Å². The van der Waals surface area contributed by atoms with Crippen LogP contribution in [0, 0.1) is 12.8 Å². The van der Waals surface area contributed by atoms with Crippen molar-refractivity contribution < 1.29 is 37.8 Å². The summed E-state index contributed by atoms with van der Waals surface area (Å²) < 4.78 is 41.4. The molecule has 6 heterocycles. The van der Waals surface area contributed by atoms with Crippen molar-refractivity contribution in [1.29, 1.82) is 0 Å². The van der Waals surface area contributed by atoms with Gasteiger partial charge in [0.15, 0.2) is 5.76 Å². The molecule has 60 heavy (non-hydrogen) atoms. The number of phenols is 1. The molecule has 0 saturated carbocycles. The van der Waals surface area contributed by atoms with Crippen LogP contribution in [0.5, 0.6) is 11.6 Å². The molecule has 2 saturated heterocycles. The first-order chi connectivity index (χ1) is 28.9. The quantitative estimate of drug-likeness (QED) is 0.107. The molecule has 314 valence electrons. The Morgan fingerprint density at radius 2 is 1.80 bits per heavy atom. The number of aromatic hydroxyl groups is 1. The number of halogens is 2. The summed E-state index contributed by atoms with van der Waals surface area (Å²) in [5.74, 6) is -1.42. The smallest absolute Gasteiger partial charge is 0.319 e. The number of hydrogen-bond donors (Lipinski definition) is 3. The number of aromatic nitrogens is 5. The average Bonchev–Trinajstić information content (AvgIpc) is 4.02. The van der Waals surface area contributed by atoms with Gasteiger partial charge in [-0.1, -0.05) is 50.2 Å². The third-order valence-corrected chi connectivity index (χ3v) is 12.4. The number of benzene rings is 2. The minimum absolute atomic E-state index is 0.0104. The van der Waals surface area contributed by atoms with Crippen molar-refractivity contribution in [1.82, 2.24) is 40.0 Å². The summed E-state index contributed by atoms with van der Waals surface area (Å²) in [6.07, 6.45) is -0.750. The molecule has 6 aromatic rings. The zero-order valence-electron chi connectivity index (χ0n) is 33.5. The van der Waals surface area contributed by atoms with E-state index < -0.39 is 24.6 Å². The van der Waals surface area contributed by atoms with Crippen LogP contribution < -0.4 is 10.1 Å². The molecule has 0 aliphatic carbocycles. The van der Waals surface area contributed by atoms with E-state index in [-0.39, 0.29) is 72.2 Å². The summed E-state index contributed by atoms with van der Waals surface area (Å²) >= 11 is 1.57. The van der Waals surface area contributed by atoms with Gasteiger partial charge in [0.05, 0.1) is 39.4 Å². The third-order valence-electron chi connectivity index (χ3n) is 11.4. The Morgan fingerprint density at radius 1 is 1.03 bits per heavy atom. The van der Waals surface area contributed by atoms with Crippen LogP contribution in [0.25, 0.3) is 32.7 Å². The lowest BCUT2D eigenvalue weighted by atomic mass is 9.91. The molecular formula is C43H46F2N8O6S. The van der Waals surface area contributed by atoms with E-state index in [2.05, 4.69) is 30.6 Å². The second-order valence-electron chi connectivity index (χ2n) is 15.8. The molecule has 0 spiro atoms. The number of nitrogens with zero attached hydrogens (tertiary/aromatic N) is 7. The SMILES string of the molecule is Cc1ncsc1-c1ccc([C@H](C)NC(=O)[C@@H]2C[C@@H](O)CN2C(=O)C(c2cc(OCCN3CC(c4cc5nnc(-c6ccccc6O)cc5n4C(F)F)C3)no2)C(C)C)cc1. The number of aryl methyl sites for hydroxylation is 1. The lowest BCUT2D eigenvalue weighted by Crippen LogP contribution is -2.48. The molecule has 14 nitrogen and oxygen atoms in total. The van der Waals surface area contributed by atoms with E-state index in [1.54, 1.807) is 41.7 Å². The second kappa shape index (κ2) is 17.1. The number of aliphatic hydroxyl groups is 1. The molecule has 3 N–H and O–H groups in total. The molecule has 2 aliphatic rings. The van der Waals surface area contributed by atoms with Crippen molar-refractivity contribution in [2.75, 3.05) is 32.8 Å². The predicted molar refractivity (Wildman–Crippen MR) is 220 cm³/mol. The number of hydrogen-bond acceptors (Lipinski definition) is 12. The minimum atomic E-state index is -2.80. The fraction of sp³-hybridized carbons (Fsp3) is 0.395. The highest BCUT2D eigenvalue weighted by molar-refractivity contribution is 7.13. The first kappa shape index (κ1) is 41.0. The standard InChI is InChI=1S/C43H46F2N8O6S/c1-23(2)39(42(57)52-21-29(54)15-35(52)41(56)47-24(3)26-9-11-27(12-10-26)40-25(4)46-22-60-40)37-18-38(50-59-37)58-14-13-51-19-28(20-51)33-17-32-34(53(33)43(44)45)16-31(48-49-32)30-7-5-6-8-36(30)55/h5-12,16-18,22-24,28-29,35,39,43,54-55H,13-15,19-21H2,1-4H3,(H,47,56)/t24-,29+,35-,39?/m0/s1. The molecule has 2 aromatic carbocycles. The number of likely N-dealkylation sites (tertiary alicyclic amines) is 2. The second-order valence-corrected chi connectivity index (χ2v) is 16.7. The number of rotatable bonds is 14. The Kier molecular flexibility index (Phi) is 11.7. The normalized spacial score (nSPS) is 18.3. The van der Waals surface area contributed by atoms with Gasteiger partial charge in [0, 0.05) is 55.8 Å². The van der Waals surface area contributed by atoms with Crippen LogP contribution in [0.3, 0.4) is 0 Å². The third kappa shape index (κ3) is 8.20. The number of para-hydroxylation sites is 1. The number of thiazole rings is 1. The number of nitrogens with one attached hydrogen (secondary N) is 1. The van der Waals surface area contributed by atoms with E-state index in [0.29, 0.717) is 42.1 Å². The summed E-state index contributed by atoms with van der Waals surface area (Å²) in [6.45, 7) is 6.59. The van der Waals surface area contributed by atoms with Crippen LogP contribution in [-0.2, 0) is 9.59 Å². The Hall–Kier alpha value is -5.78. The van der Waals surface area contributed by atoms with E-state index in [1.807, 2.05) is 57.5 Å². The lowest BCUT2D eigenvalue weighted by molar-refractivity contribution is -0.141. The maximum Gasteiger partial charge on any atom is 0.319 e. The molecule has 17 heteroatoms. The van der Waals surface area contributed by atoms with Crippen LogP contribution in [0.1, 0.15) is 74.3 Å². The number of amides is 2. The van der Waals surface area contributed by atoms with Gasteiger partial charge in [-0.25, -0.2) is 4.98 Å². The largest absolute Gasteiger partial charge is 0.507 e. The van der Waals surface area contributed by atoms with Crippen molar-refractivity contribution in [3.05, 3.63) is 95.0 Å². The van der Waals surface area contributed by atoms with Crippen LogP contribution in [-0.4, -0.2) is 102 Å². The number of aliphatic hydroxyl groups excluding tert-OH is 1. The molecule has 0 radical (unpaired) electrons. The monoisotopic (exact) mass is 840 g/mol. The average molecular weight is 841 g/mol. The number of ether oxygens (including phenoxy) is 1. The molecule has 4 atom stereocenters. The molecule has 0 bridgehead atoms. The highest BCUT2D eigenvalue weighted by Crippen LogP contribution is 2.37. The van der Waals surface area contributed by atoms with Gasteiger partial charge >= 0.3 is 6.55 Å². The van der Waals surface area contributed by atoms with Crippen molar-refractivity contribution in [3.63, 3.8) is 0 Å².